The predicted molar refractivity (Wildman–Crippen MR) is 428 cm³/mol. The molecule has 0 atom stereocenters. The van der Waals surface area contributed by atoms with E-state index in [0.717, 1.165) is 64.2 Å². The van der Waals surface area contributed by atoms with Crippen LogP contribution in [0, 0.1) is 0 Å². The molecule has 106 heavy (non-hydrogen) atoms. The van der Waals surface area contributed by atoms with E-state index < -0.39 is 29.8 Å². The van der Waals surface area contributed by atoms with Gasteiger partial charge in [-0.1, -0.05) is 484 Å². The Morgan fingerprint density at radius 2 is 0.208 bits per heavy atom. The Bertz CT molecular complexity index is 1360. The van der Waals surface area contributed by atoms with Crippen molar-refractivity contribution in [2.24, 2.45) is 0 Å². The molecule has 0 fully saturated rings. The molecule has 0 aliphatic rings. The average molecular weight is 1550 g/mol. The van der Waals surface area contributed by atoms with Crippen molar-refractivity contribution in [2.45, 2.75) is 548 Å². The first-order valence-electron chi connectivity index (χ1n) is 45.7. The van der Waals surface area contributed by atoms with Crippen LogP contribution in [-0.2, 0) is 67.0 Å². The fourth-order valence-corrected chi connectivity index (χ4v) is 13.4. The summed E-state index contributed by atoms with van der Waals surface area (Å²) in [5.74, 6) is -3.10. The minimum absolute atomic E-state index is 0. The molecule has 0 spiro atoms. The van der Waals surface area contributed by atoms with Crippen LogP contribution >= 0.6 is 0 Å². The number of rotatable bonds is 80. The monoisotopic (exact) mass is 1550 g/mol. The summed E-state index contributed by atoms with van der Waals surface area (Å²) in [4.78, 5) is 70.0. The SMILES string of the molecule is CCCCCCCCCCCCCCCCCC(=O)O[O-].CCCCCCCCCCCCCCCCCC(=O)O[O-].CCCCCCCCCCCCCCCCCC(=O)O[O-].CCCCCCCCCCCCCCCCCC(=O)O[O-].CCCCCCCCCCCCCCCCCC(=O)O[O-].[V]. The summed E-state index contributed by atoms with van der Waals surface area (Å²) in [7, 11) is 0. The third kappa shape index (κ3) is 120. The molecule has 0 amide bonds. The number of carbonyl (C=O) groups is 5. The topological polar surface area (TPSA) is 247 Å². The fourth-order valence-electron chi connectivity index (χ4n) is 13.4. The van der Waals surface area contributed by atoms with Crippen LogP contribution < -0.4 is 26.3 Å². The second-order valence-electron chi connectivity index (χ2n) is 30.8. The largest absolute Gasteiger partial charge is 0.662 e. The predicted octanol–water partition coefficient (Wildman–Crippen LogP) is 25.3. The smallest absolute Gasteiger partial charge is 0.299 e. The first-order chi connectivity index (χ1) is 51.5. The first-order valence-corrected chi connectivity index (χ1v) is 45.7. The second-order valence-corrected chi connectivity index (χ2v) is 30.8. The van der Waals surface area contributed by atoms with Crippen LogP contribution in [0.3, 0.4) is 0 Å². The Hall–Kier alpha value is -2.27. The van der Waals surface area contributed by atoms with E-state index in [2.05, 4.69) is 59.1 Å². The fraction of sp³-hybridized carbons (Fsp3) is 0.944. The van der Waals surface area contributed by atoms with Crippen molar-refractivity contribution in [3.63, 3.8) is 0 Å². The molecule has 0 aromatic rings. The number of hydrogen-bond donors (Lipinski definition) is 0. The van der Waals surface area contributed by atoms with Crippen LogP contribution in [0.4, 0.5) is 0 Å². The summed E-state index contributed by atoms with van der Waals surface area (Å²) >= 11 is 0. The third-order valence-electron chi connectivity index (χ3n) is 20.4. The molecular formula is C90H175O15V-5. The molecule has 0 heterocycles. The quantitative estimate of drug-likeness (QED) is 0.0312. The minimum atomic E-state index is -0.621. The molecule has 0 bridgehead atoms. The molecule has 0 N–H and O–H groups in total. The van der Waals surface area contributed by atoms with E-state index in [-0.39, 0.29) is 50.7 Å². The van der Waals surface area contributed by atoms with Gasteiger partial charge >= 0.3 is 0 Å². The molecule has 0 rings (SSSR count). The van der Waals surface area contributed by atoms with Gasteiger partial charge in [0.1, 0.15) is 0 Å². The van der Waals surface area contributed by atoms with Gasteiger partial charge in [0.15, 0.2) is 0 Å². The van der Waals surface area contributed by atoms with Crippen LogP contribution in [0.15, 0.2) is 0 Å². The van der Waals surface area contributed by atoms with Gasteiger partial charge in [0.25, 0.3) is 29.8 Å². The van der Waals surface area contributed by atoms with Crippen molar-refractivity contribution < 1.29 is 93.3 Å². The van der Waals surface area contributed by atoms with Gasteiger partial charge in [-0.3, -0.25) is 24.0 Å². The number of carbonyl (C=O) groups excluding carboxylic acids is 5. The van der Waals surface area contributed by atoms with Crippen LogP contribution in [0.2, 0.25) is 0 Å². The third-order valence-corrected chi connectivity index (χ3v) is 20.4. The van der Waals surface area contributed by atoms with Crippen molar-refractivity contribution in [1.29, 1.82) is 0 Å². The van der Waals surface area contributed by atoms with E-state index in [1.54, 1.807) is 0 Å². The van der Waals surface area contributed by atoms with Gasteiger partial charge in [0.2, 0.25) is 0 Å². The maximum Gasteiger partial charge on any atom is 0.299 e. The van der Waals surface area contributed by atoms with E-state index >= 15 is 0 Å². The summed E-state index contributed by atoms with van der Waals surface area (Å²) in [6.07, 6.45) is 98.9. The van der Waals surface area contributed by atoms with Crippen LogP contribution in [0.25, 0.3) is 0 Å². The Labute approximate surface area is 667 Å². The Kier molecular flexibility index (Phi) is 120. The van der Waals surface area contributed by atoms with Crippen molar-refractivity contribution in [3.8, 4) is 0 Å². The van der Waals surface area contributed by atoms with Gasteiger partial charge < -0.3 is 50.7 Å². The number of hydrogen-bond acceptors (Lipinski definition) is 15. The summed E-state index contributed by atoms with van der Waals surface area (Å²) in [5.41, 5.74) is 0. The molecule has 635 valence electrons. The van der Waals surface area contributed by atoms with Gasteiger partial charge in [0, 0.05) is 50.7 Å². The first kappa shape index (κ1) is 115. The van der Waals surface area contributed by atoms with Crippen LogP contribution in [0.5, 0.6) is 0 Å². The van der Waals surface area contributed by atoms with Crippen LogP contribution in [-0.4, -0.2) is 29.8 Å². The molecule has 0 aliphatic carbocycles. The van der Waals surface area contributed by atoms with Gasteiger partial charge in [-0.05, 0) is 32.1 Å². The Balaban J connectivity index is -0.000000294. The Morgan fingerprint density at radius 3 is 0.274 bits per heavy atom. The summed E-state index contributed by atoms with van der Waals surface area (Å²) < 4.78 is 0. The average Bonchev–Trinajstić information content (AvgIpc) is 3.87. The molecule has 0 aliphatic heterocycles. The zero-order valence-corrected chi connectivity index (χ0v) is 72.0. The van der Waals surface area contributed by atoms with E-state index in [1.165, 1.54) is 417 Å². The van der Waals surface area contributed by atoms with Gasteiger partial charge in [0.05, 0.1) is 0 Å². The molecule has 16 heteroatoms. The summed E-state index contributed by atoms with van der Waals surface area (Å²) in [6, 6.07) is 0. The zero-order valence-electron chi connectivity index (χ0n) is 70.6. The second kappa shape index (κ2) is 111. The molecule has 0 aromatic heterocycles. The van der Waals surface area contributed by atoms with Crippen molar-refractivity contribution in [2.75, 3.05) is 0 Å². The summed E-state index contributed by atoms with van der Waals surface area (Å²) in [6.45, 7) is 11.3. The molecule has 0 saturated heterocycles. The molecule has 0 aromatic carbocycles. The van der Waals surface area contributed by atoms with Gasteiger partial charge in [-0.2, -0.15) is 0 Å². The molecule has 0 saturated carbocycles. The van der Waals surface area contributed by atoms with Crippen molar-refractivity contribution in [1.82, 2.24) is 0 Å². The molecule has 1 radical (unpaired) electrons. The van der Waals surface area contributed by atoms with E-state index in [1.807, 2.05) is 0 Å². The number of unbranched alkanes of at least 4 members (excludes halogenated alkanes) is 70. The van der Waals surface area contributed by atoms with E-state index in [9.17, 15) is 50.3 Å². The van der Waals surface area contributed by atoms with Gasteiger partial charge in [-0.25, -0.2) is 0 Å². The van der Waals surface area contributed by atoms with Crippen molar-refractivity contribution in [3.05, 3.63) is 0 Å². The van der Waals surface area contributed by atoms with Crippen LogP contribution in [0.1, 0.15) is 548 Å². The Morgan fingerprint density at radius 1 is 0.142 bits per heavy atom. The molecular weight excluding hydrogens is 1370 g/mol. The molecule has 15 nitrogen and oxygen atoms in total. The maximum atomic E-state index is 10.6. The normalized spacial score (nSPS) is 10.7. The van der Waals surface area contributed by atoms with E-state index in [0.29, 0.717) is 0 Å². The minimum Gasteiger partial charge on any atom is -0.662 e. The maximum absolute atomic E-state index is 10.6. The zero-order chi connectivity index (χ0) is 78.0. The molecule has 0 unspecified atom stereocenters. The standard InChI is InChI=1S/5C18H36O3.V/c5*1-2-3-4-5-6-7-8-9-10-11-12-13-14-15-16-17-18(19)21-20;/h5*20H,2-17H2,1H3;/p-5. The van der Waals surface area contributed by atoms with Gasteiger partial charge in [-0.15, -0.1) is 0 Å². The van der Waals surface area contributed by atoms with E-state index in [4.69, 9.17) is 0 Å². The summed E-state index contributed by atoms with van der Waals surface area (Å²) in [5, 5.41) is 48.8. The van der Waals surface area contributed by atoms with Crippen molar-refractivity contribution >= 4 is 29.8 Å².